The average molecular weight is 207 g/mol. The number of aliphatic hydroxyl groups excluding tert-OH is 1. The maximum absolute atomic E-state index is 9.23. The molecule has 1 aromatic rings. The van der Waals surface area contributed by atoms with Gasteiger partial charge in [-0.25, -0.2) is 0 Å². The van der Waals surface area contributed by atoms with Crippen LogP contribution in [0.15, 0.2) is 30.3 Å². The quantitative estimate of drug-likeness (QED) is 0.777. The normalized spacial score (nSPS) is 15.3. The minimum atomic E-state index is 0.167. The van der Waals surface area contributed by atoms with Gasteiger partial charge in [0, 0.05) is 12.1 Å². The Bertz CT molecular complexity index is 271. The molecule has 1 rings (SSSR count). The van der Waals surface area contributed by atoms with Crippen LogP contribution >= 0.6 is 0 Å². The Labute approximate surface area is 92.3 Å². The molecule has 2 nitrogen and oxygen atoms in total. The summed E-state index contributed by atoms with van der Waals surface area (Å²) in [4.78, 5) is 0. The molecule has 1 aromatic carbocycles. The highest BCUT2D eigenvalue weighted by Gasteiger charge is 2.15. The first kappa shape index (κ1) is 12.2. The van der Waals surface area contributed by atoms with Crippen LogP contribution in [0.25, 0.3) is 0 Å². The summed E-state index contributed by atoms with van der Waals surface area (Å²) in [6.45, 7) is 6.55. The molecule has 1 unspecified atom stereocenters. The smallest absolute Gasteiger partial charge is 0.0587 e. The molecular weight excluding hydrogens is 186 g/mol. The van der Waals surface area contributed by atoms with Crippen molar-refractivity contribution in [2.75, 3.05) is 6.61 Å². The number of nitrogens with one attached hydrogen (secondary N) is 1. The fourth-order valence-corrected chi connectivity index (χ4v) is 1.62. The van der Waals surface area contributed by atoms with Crippen LogP contribution in [0.1, 0.15) is 32.4 Å². The monoisotopic (exact) mass is 207 g/mol. The second-order valence-electron chi connectivity index (χ2n) is 4.33. The van der Waals surface area contributed by atoms with E-state index in [1.807, 2.05) is 18.2 Å². The van der Waals surface area contributed by atoms with E-state index in [0.717, 1.165) is 0 Å². The molecule has 84 valence electrons. The molecule has 0 aliphatic heterocycles. The molecule has 0 bridgehead atoms. The second kappa shape index (κ2) is 5.89. The van der Waals surface area contributed by atoms with Crippen molar-refractivity contribution in [1.29, 1.82) is 0 Å². The highest BCUT2D eigenvalue weighted by molar-refractivity contribution is 5.18. The molecule has 2 heteroatoms. The molecule has 0 radical (unpaired) electrons. The van der Waals surface area contributed by atoms with E-state index < -0.39 is 0 Å². The van der Waals surface area contributed by atoms with Gasteiger partial charge in [0.1, 0.15) is 0 Å². The molecule has 0 saturated heterocycles. The van der Waals surface area contributed by atoms with Crippen molar-refractivity contribution in [3.63, 3.8) is 0 Å². The third-order valence-electron chi connectivity index (χ3n) is 2.77. The minimum Gasteiger partial charge on any atom is -0.395 e. The Kier molecular flexibility index (Phi) is 4.79. The summed E-state index contributed by atoms with van der Waals surface area (Å²) >= 11 is 0. The molecule has 0 heterocycles. The molecule has 0 aliphatic carbocycles. The second-order valence-corrected chi connectivity index (χ2v) is 4.33. The van der Waals surface area contributed by atoms with Gasteiger partial charge in [0.25, 0.3) is 0 Å². The summed E-state index contributed by atoms with van der Waals surface area (Å²) in [5, 5.41) is 12.7. The van der Waals surface area contributed by atoms with Crippen molar-refractivity contribution in [2.24, 2.45) is 5.92 Å². The Balaban J connectivity index is 2.58. The first-order valence-electron chi connectivity index (χ1n) is 5.57. The van der Waals surface area contributed by atoms with Gasteiger partial charge in [-0.3, -0.25) is 0 Å². The Morgan fingerprint density at radius 3 is 2.20 bits per heavy atom. The van der Waals surface area contributed by atoms with E-state index in [-0.39, 0.29) is 18.7 Å². The van der Waals surface area contributed by atoms with Crippen molar-refractivity contribution in [2.45, 2.75) is 32.9 Å². The van der Waals surface area contributed by atoms with Gasteiger partial charge in [-0.15, -0.1) is 0 Å². The van der Waals surface area contributed by atoms with Gasteiger partial charge in [-0.1, -0.05) is 44.2 Å². The maximum Gasteiger partial charge on any atom is 0.0587 e. The highest BCUT2D eigenvalue weighted by Crippen LogP contribution is 2.14. The molecule has 2 atom stereocenters. The van der Waals surface area contributed by atoms with Gasteiger partial charge in [0.05, 0.1) is 6.61 Å². The van der Waals surface area contributed by atoms with Gasteiger partial charge in [-0.05, 0) is 18.4 Å². The lowest BCUT2D eigenvalue weighted by Crippen LogP contribution is -2.38. The summed E-state index contributed by atoms with van der Waals surface area (Å²) < 4.78 is 0. The van der Waals surface area contributed by atoms with Crippen LogP contribution in [0.3, 0.4) is 0 Å². The van der Waals surface area contributed by atoms with Gasteiger partial charge in [-0.2, -0.15) is 0 Å². The molecule has 0 spiro atoms. The first-order chi connectivity index (χ1) is 7.15. The zero-order chi connectivity index (χ0) is 11.3. The van der Waals surface area contributed by atoms with E-state index in [1.54, 1.807) is 0 Å². The average Bonchev–Trinajstić information content (AvgIpc) is 2.26. The van der Waals surface area contributed by atoms with Crippen LogP contribution in [-0.2, 0) is 0 Å². The minimum absolute atomic E-state index is 0.167. The number of hydrogen-bond acceptors (Lipinski definition) is 2. The van der Waals surface area contributed by atoms with Crippen LogP contribution in [0, 0.1) is 5.92 Å². The van der Waals surface area contributed by atoms with Crippen LogP contribution in [0.4, 0.5) is 0 Å². The Hall–Kier alpha value is -0.860. The number of benzene rings is 1. The lowest BCUT2D eigenvalue weighted by Gasteiger charge is -2.24. The van der Waals surface area contributed by atoms with E-state index in [1.165, 1.54) is 5.56 Å². The van der Waals surface area contributed by atoms with Crippen molar-refractivity contribution in [3.8, 4) is 0 Å². The van der Waals surface area contributed by atoms with Crippen LogP contribution in [-0.4, -0.2) is 17.8 Å². The lowest BCUT2D eigenvalue weighted by atomic mass is 10.0. The Morgan fingerprint density at radius 1 is 1.13 bits per heavy atom. The fourth-order valence-electron chi connectivity index (χ4n) is 1.62. The topological polar surface area (TPSA) is 32.3 Å². The van der Waals surface area contributed by atoms with E-state index in [0.29, 0.717) is 5.92 Å². The highest BCUT2D eigenvalue weighted by atomic mass is 16.3. The summed E-state index contributed by atoms with van der Waals surface area (Å²) in [6.07, 6.45) is 0. The standard InChI is InChI=1S/C13H21NO/c1-10(2)13(9-15)14-11(3)12-7-5-4-6-8-12/h4-8,10-11,13-15H,9H2,1-3H3/t11?,13-/m1/s1. The molecule has 15 heavy (non-hydrogen) atoms. The zero-order valence-electron chi connectivity index (χ0n) is 9.77. The van der Waals surface area contributed by atoms with Gasteiger partial charge in [0.2, 0.25) is 0 Å². The van der Waals surface area contributed by atoms with Crippen molar-refractivity contribution in [3.05, 3.63) is 35.9 Å². The molecule has 0 aromatic heterocycles. The fraction of sp³-hybridized carbons (Fsp3) is 0.538. The maximum atomic E-state index is 9.23. The van der Waals surface area contributed by atoms with Crippen LogP contribution in [0.2, 0.25) is 0 Å². The van der Waals surface area contributed by atoms with Crippen molar-refractivity contribution < 1.29 is 5.11 Å². The summed E-state index contributed by atoms with van der Waals surface area (Å²) in [5.41, 5.74) is 1.26. The van der Waals surface area contributed by atoms with E-state index in [4.69, 9.17) is 0 Å². The predicted molar refractivity (Wildman–Crippen MR) is 63.7 cm³/mol. The van der Waals surface area contributed by atoms with Crippen molar-refractivity contribution >= 4 is 0 Å². The molecule has 0 amide bonds. The van der Waals surface area contributed by atoms with Crippen LogP contribution < -0.4 is 5.32 Å². The van der Waals surface area contributed by atoms with Gasteiger partial charge < -0.3 is 10.4 Å². The largest absolute Gasteiger partial charge is 0.395 e. The third-order valence-corrected chi connectivity index (χ3v) is 2.77. The third kappa shape index (κ3) is 3.65. The van der Waals surface area contributed by atoms with Gasteiger partial charge in [0.15, 0.2) is 0 Å². The molecular formula is C13H21NO. The predicted octanol–water partition coefficient (Wildman–Crippen LogP) is 2.35. The molecule has 2 N–H and O–H groups in total. The zero-order valence-corrected chi connectivity index (χ0v) is 9.77. The first-order valence-corrected chi connectivity index (χ1v) is 5.57. The van der Waals surface area contributed by atoms with Gasteiger partial charge >= 0.3 is 0 Å². The molecule has 0 saturated carbocycles. The van der Waals surface area contributed by atoms with E-state index in [2.05, 4.69) is 38.2 Å². The SMILES string of the molecule is CC(N[C@H](CO)C(C)C)c1ccccc1. The molecule has 0 aliphatic rings. The van der Waals surface area contributed by atoms with Crippen LogP contribution in [0.5, 0.6) is 0 Å². The Morgan fingerprint density at radius 2 is 1.73 bits per heavy atom. The summed E-state index contributed by atoms with van der Waals surface area (Å²) in [6, 6.07) is 10.8. The van der Waals surface area contributed by atoms with Crippen molar-refractivity contribution in [1.82, 2.24) is 5.32 Å². The molecule has 0 fully saturated rings. The number of hydrogen-bond donors (Lipinski definition) is 2. The number of rotatable bonds is 5. The van der Waals surface area contributed by atoms with E-state index in [9.17, 15) is 5.11 Å². The lowest BCUT2D eigenvalue weighted by molar-refractivity contribution is 0.201. The summed E-state index contributed by atoms with van der Waals surface area (Å²) in [7, 11) is 0. The summed E-state index contributed by atoms with van der Waals surface area (Å²) in [5.74, 6) is 0.446. The van der Waals surface area contributed by atoms with E-state index >= 15 is 0 Å². The number of aliphatic hydroxyl groups is 1.